The average Bonchev–Trinajstić information content (AvgIpc) is 3.46. The highest BCUT2D eigenvalue weighted by Crippen LogP contribution is 2.24. The van der Waals surface area contributed by atoms with Gasteiger partial charge in [-0.05, 0) is 56.2 Å². The number of carbonyl (C=O) groups excluding carboxylic acids is 1. The summed E-state index contributed by atoms with van der Waals surface area (Å²) < 4.78 is 7.03. The maximum absolute atomic E-state index is 12.8. The maximum atomic E-state index is 12.8. The minimum atomic E-state index is -0.0537. The number of pyridine rings is 1. The number of benzene rings is 1. The van der Waals surface area contributed by atoms with Gasteiger partial charge in [-0.25, -0.2) is 9.67 Å². The second-order valence-corrected chi connectivity index (χ2v) is 7.18. The van der Waals surface area contributed by atoms with Gasteiger partial charge >= 0.3 is 0 Å². The summed E-state index contributed by atoms with van der Waals surface area (Å²) in [5.74, 6) is 1.45. The number of nitrogens with zero attached hydrogens (tertiary/aromatic N) is 4. The van der Waals surface area contributed by atoms with Crippen molar-refractivity contribution < 1.29 is 9.53 Å². The fraction of sp³-hybridized carbons (Fsp3) is 0.318. The molecule has 2 aromatic heterocycles. The van der Waals surface area contributed by atoms with Gasteiger partial charge in [0.2, 0.25) is 0 Å². The Morgan fingerprint density at radius 1 is 1.17 bits per heavy atom. The van der Waals surface area contributed by atoms with E-state index in [0.29, 0.717) is 11.4 Å². The number of hydrogen-bond donors (Lipinski definition) is 1. The highest BCUT2D eigenvalue weighted by molar-refractivity contribution is 5.98. The largest absolute Gasteiger partial charge is 0.497 e. The van der Waals surface area contributed by atoms with Crippen molar-refractivity contribution in [2.24, 2.45) is 0 Å². The van der Waals surface area contributed by atoms with E-state index in [1.165, 1.54) is 0 Å². The molecule has 1 atom stereocenters. The molecule has 1 unspecified atom stereocenters. The first-order chi connectivity index (χ1) is 14.2. The average molecular weight is 391 g/mol. The number of anilines is 1. The van der Waals surface area contributed by atoms with Crippen LogP contribution in [0.1, 0.15) is 41.7 Å². The number of rotatable bonds is 6. The van der Waals surface area contributed by atoms with Crippen molar-refractivity contribution in [3.05, 3.63) is 66.1 Å². The molecule has 29 heavy (non-hydrogen) atoms. The van der Waals surface area contributed by atoms with E-state index < -0.39 is 0 Å². The number of likely N-dealkylation sites (tertiary alicyclic amines) is 1. The van der Waals surface area contributed by atoms with Crippen LogP contribution >= 0.6 is 0 Å². The van der Waals surface area contributed by atoms with Crippen molar-refractivity contribution in [1.82, 2.24) is 19.7 Å². The van der Waals surface area contributed by atoms with Gasteiger partial charge in [0.05, 0.1) is 30.6 Å². The van der Waals surface area contributed by atoms with Crippen LogP contribution in [0.4, 0.5) is 5.82 Å². The Hall–Kier alpha value is -3.35. The summed E-state index contributed by atoms with van der Waals surface area (Å²) in [4.78, 5) is 19.2. The molecule has 1 aromatic carbocycles. The Kier molecular flexibility index (Phi) is 5.46. The highest BCUT2D eigenvalue weighted by Gasteiger charge is 2.23. The van der Waals surface area contributed by atoms with Gasteiger partial charge in [0.25, 0.3) is 5.91 Å². The minimum Gasteiger partial charge on any atom is -0.497 e. The van der Waals surface area contributed by atoms with Gasteiger partial charge in [0, 0.05) is 31.0 Å². The Morgan fingerprint density at radius 3 is 2.66 bits per heavy atom. The number of nitrogens with one attached hydrogen (secondary N) is 1. The highest BCUT2D eigenvalue weighted by atomic mass is 16.5. The van der Waals surface area contributed by atoms with Crippen LogP contribution < -0.4 is 10.1 Å². The van der Waals surface area contributed by atoms with Crippen molar-refractivity contribution in [3.63, 3.8) is 0 Å². The topological polar surface area (TPSA) is 72.3 Å². The standard InChI is InChI=1S/C22H25N5O2/c1-16(17-14-24-27(15-17)18-7-9-19(29-2)10-8-18)25-21-20(6-5-11-23-21)22(28)26-12-3-4-13-26/h5-11,14-16H,3-4,12-13H2,1-2H3,(H,23,25). The lowest BCUT2D eigenvalue weighted by Gasteiger charge is -2.19. The van der Waals surface area contributed by atoms with Crippen LogP contribution in [0.15, 0.2) is 55.0 Å². The monoisotopic (exact) mass is 391 g/mol. The number of aromatic nitrogens is 3. The van der Waals surface area contributed by atoms with Crippen molar-refractivity contribution >= 4 is 11.7 Å². The summed E-state index contributed by atoms with van der Waals surface area (Å²) in [6.45, 7) is 3.67. The second-order valence-electron chi connectivity index (χ2n) is 7.18. The molecule has 150 valence electrons. The Bertz CT molecular complexity index is 977. The molecule has 0 saturated carbocycles. The molecule has 0 aliphatic carbocycles. The second kappa shape index (κ2) is 8.34. The van der Waals surface area contributed by atoms with E-state index in [4.69, 9.17) is 4.74 Å². The van der Waals surface area contributed by atoms with Crippen LogP contribution in [0.5, 0.6) is 5.75 Å². The molecule has 7 nitrogen and oxygen atoms in total. The quantitative estimate of drug-likeness (QED) is 0.694. The van der Waals surface area contributed by atoms with Gasteiger partial charge in [-0.15, -0.1) is 0 Å². The smallest absolute Gasteiger partial charge is 0.257 e. The molecule has 7 heteroatoms. The van der Waals surface area contributed by atoms with E-state index >= 15 is 0 Å². The van der Waals surface area contributed by atoms with Crippen molar-refractivity contribution in [2.75, 3.05) is 25.5 Å². The van der Waals surface area contributed by atoms with E-state index in [1.807, 2.05) is 59.2 Å². The van der Waals surface area contributed by atoms with Crippen molar-refractivity contribution in [3.8, 4) is 11.4 Å². The lowest BCUT2D eigenvalue weighted by Crippen LogP contribution is -2.28. The Labute approximate surface area is 170 Å². The number of ether oxygens (including phenoxy) is 1. The van der Waals surface area contributed by atoms with Crippen molar-refractivity contribution in [2.45, 2.75) is 25.8 Å². The Balaban J connectivity index is 1.50. The van der Waals surface area contributed by atoms with Gasteiger partial charge < -0.3 is 15.0 Å². The van der Waals surface area contributed by atoms with Gasteiger partial charge in [-0.1, -0.05) is 0 Å². The molecule has 1 aliphatic rings. The molecular formula is C22H25N5O2. The molecule has 1 fully saturated rings. The van der Waals surface area contributed by atoms with Gasteiger partial charge in [0.15, 0.2) is 0 Å². The SMILES string of the molecule is COc1ccc(-n2cc(C(C)Nc3ncccc3C(=O)N3CCCC3)cn2)cc1. The van der Waals surface area contributed by atoms with Crippen molar-refractivity contribution in [1.29, 1.82) is 0 Å². The number of amides is 1. The van der Waals surface area contributed by atoms with Crippen LogP contribution in [0.3, 0.4) is 0 Å². The normalized spacial score (nSPS) is 14.6. The summed E-state index contributed by atoms with van der Waals surface area (Å²) in [6.07, 6.45) is 7.64. The van der Waals surface area contributed by atoms with E-state index in [0.717, 1.165) is 42.9 Å². The third-order valence-electron chi connectivity index (χ3n) is 5.22. The van der Waals surface area contributed by atoms with Crippen LogP contribution in [-0.4, -0.2) is 45.8 Å². The summed E-state index contributed by atoms with van der Waals surface area (Å²) in [7, 11) is 1.65. The zero-order valence-corrected chi connectivity index (χ0v) is 16.7. The van der Waals surface area contributed by atoms with Crippen LogP contribution in [0.25, 0.3) is 5.69 Å². The maximum Gasteiger partial charge on any atom is 0.257 e. The number of methoxy groups -OCH3 is 1. The molecule has 1 N–H and O–H groups in total. The lowest BCUT2D eigenvalue weighted by atomic mass is 10.1. The number of hydrogen-bond acceptors (Lipinski definition) is 5. The summed E-state index contributed by atoms with van der Waals surface area (Å²) in [5, 5.41) is 7.85. The third-order valence-corrected chi connectivity index (χ3v) is 5.22. The molecule has 3 aromatic rings. The summed E-state index contributed by atoms with van der Waals surface area (Å²) >= 11 is 0. The van der Waals surface area contributed by atoms with E-state index in [9.17, 15) is 4.79 Å². The van der Waals surface area contributed by atoms with E-state index in [-0.39, 0.29) is 11.9 Å². The first-order valence-electron chi connectivity index (χ1n) is 9.85. The lowest BCUT2D eigenvalue weighted by molar-refractivity contribution is 0.0793. The van der Waals surface area contributed by atoms with Gasteiger partial charge in [-0.2, -0.15) is 5.10 Å². The molecule has 3 heterocycles. The van der Waals surface area contributed by atoms with Gasteiger partial charge in [0.1, 0.15) is 11.6 Å². The summed E-state index contributed by atoms with van der Waals surface area (Å²) in [5.41, 5.74) is 2.57. The fourth-order valence-electron chi connectivity index (χ4n) is 3.51. The minimum absolute atomic E-state index is 0.0410. The van der Waals surface area contributed by atoms with Gasteiger partial charge in [-0.3, -0.25) is 4.79 Å². The molecule has 1 amide bonds. The molecular weight excluding hydrogens is 366 g/mol. The first-order valence-corrected chi connectivity index (χ1v) is 9.85. The first kappa shape index (κ1) is 19.0. The summed E-state index contributed by atoms with van der Waals surface area (Å²) in [6, 6.07) is 11.3. The zero-order valence-electron chi connectivity index (χ0n) is 16.7. The fourth-order valence-corrected chi connectivity index (χ4v) is 3.51. The predicted molar refractivity (Wildman–Crippen MR) is 112 cm³/mol. The molecule has 0 spiro atoms. The van der Waals surface area contributed by atoms with Crippen LogP contribution in [0, 0.1) is 0 Å². The van der Waals surface area contributed by atoms with Crippen LogP contribution in [0.2, 0.25) is 0 Å². The molecule has 0 radical (unpaired) electrons. The zero-order chi connectivity index (χ0) is 20.2. The predicted octanol–water partition coefficient (Wildman–Crippen LogP) is 3.69. The van der Waals surface area contributed by atoms with E-state index in [1.54, 1.807) is 19.4 Å². The van der Waals surface area contributed by atoms with Crippen LogP contribution in [-0.2, 0) is 0 Å². The molecule has 1 saturated heterocycles. The molecule has 4 rings (SSSR count). The van der Waals surface area contributed by atoms with E-state index in [2.05, 4.69) is 15.4 Å². The third kappa shape index (κ3) is 4.08. The molecule has 1 aliphatic heterocycles. The number of carbonyl (C=O) groups is 1. The molecule has 0 bridgehead atoms. The Morgan fingerprint density at radius 2 is 1.93 bits per heavy atom.